The monoisotopic (exact) mass is 328 g/mol. The molecule has 6 heteroatoms. The van der Waals surface area contributed by atoms with E-state index in [1.165, 1.54) is 0 Å². The summed E-state index contributed by atoms with van der Waals surface area (Å²) in [5, 5.41) is 8.53. The number of thiol groups is 1. The summed E-state index contributed by atoms with van der Waals surface area (Å²) < 4.78 is 1.89. The summed E-state index contributed by atoms with van der Waals surface area (Å²) in [4.78, 5) is 16.5. The summed E-state index contributed by atoms with van der Waals surface area (Å²) in [6, 6.07) is 8.00. The second-order valence-corrected chi connectivity index (χ2v) is 6.03. The zero-order valence-corrected chi connectivity index (χ0v) is 14.2. The molecule has 3 aromatic rings. The van der Waals surface area contributed by atoms with Crippen LogP contribution in [-0.2, 0) is 11.2 Å². The zero-order chi connectivity index (χ0) is 16.4. The lowest BCUT2D eigenvalue weighted by molar-refractivity contribution is -0.120. The van der Waals surface area contributed by atoms with E-state index in [9.17, 15) is 4.79 Å². The first kappa shape index (κ1) is 15.8. The molecule has 0 aliphatic heterocycles. The van der Waals surface area contributed by atoms with Gasteiger partial charge in [-0.1, -0.05) is 12.1 Å². The highest BCUT2D eigenvalue weighted by Gasteiger charge is 2.14. The highest BCUT2D eigenvalue weighted by Crippen LogP contribution is 2.22. The Morgan fingerprint density at radius 1 is 1.30 bits per heavy atom. The van der Waals surface area contributed by atoms with Gasteiger partial charge >= 0.3 is 0 Å². The lowest BCUT2D eigenvalue weighted by atomic mass is 10.1. The van der Waals surface area contributed by atoms with Crippen LogP contribution in [0.25, 0.3) is 16.6 Å². The number of nitrogens with one attached hydrogen (secondary N) is 1. The van der Waals surface area contributed by atoms with Crippen LogP contribution in [-0.4, -0.2) is 32.8 Å². The largest absolute Gasteiger partial charge is 0.355 e. The van der Waals surface area contributed by atoms with E-state index in [0.717, 1.165) is 33.5 Å². The molecule has 23 heavy (non-hydrogen) atoms. The van der Waals surface area contributed by atoms with Gasteiger partial charge in [-0.05, 0) is 38.0 Å². The number of rotatable bonds is 5. The van der Waals surface area contributed by atoms with Crippen molar-refractivity contribution < 1.29 is 4.79 Å². The first-order valence-electron chi connectivity index (χ1n) is 7.73. The molecule has 2 aromatic heterocycles. The van der Waals surface area contributed by atoms with Crippen molar-refractivity contribution in [2.75, 3.05) is 12.3 Å². The van der Waals surface area contributed by atoms with E-state index in [0.29, 0.717) is 25.1 Å². The molecular formula is C17H20N4OS. The molecule has 1 aromatic carbocycles. The number of amides is 1. The molecule has 0 fully saturated rings. The van der Waals surface area contributed by atoms with Crippen molar-refractivity contribution in [1.82, 2.24) is 19.9 Å². The fourth-order valence-electron chi connectivity index (χ4n) is 2.86. The van der Waals surface area contributed by atoms with E-state index >= 15 is 0 Å². The number of aromatic nitrogens is 3. The van der Waals surface area contributed by atoms with Gasteiger partial charge < -0.3 is 5.32 Å². The molecule has 0 saturated heterocycles. The first-order valence-corrected chi connectivity index (χ1v) is 8.36. The number of carbonyl (C=O) groups excluding carboxylic acids is 1. The van der Waals surface area contributed by atoms with Gasteiger partial charge in [0.15, 0.2) is 5.65 Å². The number of hydrogen-bond donors (Lipinski definition) is 2. The SMILES string of the molecule is Cc1nc2c3ccccc3nn2c(C)c1CCC(=O)NCCS. The maximum atomic E-state index is 11.8. The highest BCUT2D eigenvalue weighted by molar-refractivity contribution is 7.80. The summed E-state index contributed by atoms with van der Waals surface area (Å²) in [6.45, 7) is 4.63. The van der Waals surface area contributed by atoms with E-state index in [-0.39, 0.29) is 5.91 Å². The highest BCUT2D eigenvalue weighted by atomic mass is 32.1. The third kappa shape index (κ3) is 3.03. The molecule has 5 nitrogen and oxygen atoms in total. The Hall–Kier alpha value is -2.08. The van der Waals surface area contributed by atoms with Crippen molar-refractivity contribution in [1.29, 1.82) is 0 Å². The van der Waals surface area contributed by atoms with Crippen LogP contribution in [0, 0.1) is 13.8 Å². The molecule has 0 spiro atoms. The zero-order valence-electron chi connectivity index (χ0n) is 13.3. The smallest absolute Gasteiger partial charge is 0.220 e. The minimum Gasteiger partial charge on any atom is -0.355 e. The van der Waals surface area contributed by atoms with Crippen LogP contribution in [0.5, 0.6) is 0 Å². The average Bonchev–Trinajstić information content (AvgIpc) is 2.91. The van der Waals surface area contributed by atoms with Gasteiger partial charge in [0.05, 0.1) is 5.52 Å². The summed E-state index contributed by atoms with van der Waals surface area (Å²) in [5.41, 5.74) is 4.91. The standard InChI is InChI=1S/C17H20N4OS/c1-11-13(7-8-16(22)18-9-10-23)12(2)21-17(19-11)14-5-3-4-6-15(14)20-21/h3-6,23H,7-10H2,1-2H3,(H,18,22). The molecule has 0 saturated carbocycles. The molecule has 0 atom stereocenters. The third-order valence-electron chi connectivity index (χ3n) is 4.05. The van der Waals surface area contributed by atoms with Gasteiger partial charge in [0, 0.05) is 35.5 Å². The minimum atomic E-state index is 0.0450. The van der Waals surface area contributed by atoms with E-state index in [2.05, 4.69) is 23.0 Å². The first-order chi connectivity index (χ1) is 11.1. The summed E-state index contributed by atoms with van der Waals surface area (Å²) in [5.74, 6) is 0.695. The Morgan fingerprint density at radius 2 is 2.09 bits per heavy atom. The molecular weight excluding hydrogens is 308 g/mol. The second-order valence-electron chi connectivity index (χ2n) is 5.59. The number of aryl methyl sites for hydroxylation is 2. The Balaban J connectivity index is 1.95. The molecule has 0 bridgehead atoms. The average molecular weight is 328 g/mol. The third-order valence-corrected chi connectivity index (χ3v) is 4.28. The van der Waals surface area contributed by atoms with E-state index in [4.69, 9.17) is 4.98 Å². The number of hydrogen-bond acceptors (Lipinski definition) is 4. The van der Waals surface area contributed by atoms with E-state index in [1.807, 2.05) is 42.6 Å². The Labute approximate surface area is 140 Å². The van der Waals surface area contributed by atoms with Gasteiger partial charge in [-0.15, -0.1) is 0 Å². The van der Waals surface area contributed by atoms with E-state index < -0.39 is 0 Å². The molecule has 0 aliphatic carbocycles. The number of benzene rings is 1. The maximum absolute atomic E-state index is 11.8. The quantitative estimate of drug-likeness (QED) is 0.708. The van der Waals surface area contributed by atoms with Gasteiger partial charge in [0.1, 0.15) is 0 Å². The fraction of sp³-hybridized carbons (Fsp3) is 0.353. The van der Waals surface area contributed by atoms with Crippen LogP contribution < -0.4 is 5.32 Å². The fourth-order valence-corrected chi connectivity index (χ4v) is 2.97. The van der Waals surface area contributed by atoms with Gasteiger partial charge in [-0.3, -0.25) is 4.79 Å². The van der Waals surface area contributed by atoms with Crippen LogP contribution in [0.3, 0.4) is 0 Å². The van der Waals surface area contributed by atoms with Gasteiger partial charge in [-0.2, -0.15) is 17.7 Å². The van der Waals surface area contributed by atoms with Crippen molar-refractivity contribution in [3.8, 4) is 0 Å². The molecule has 2 heterocycles. The van der Waals surface area contributed by atoms with Crippen LogP contribution in [0.2, 0.25) is 0 Å². The molecule has 0 radical (unpaired) electrons. The van der Waals surface area contributed by atoms with Gasteiger partial charge in [0.25, 0.3) is 0 Å². The van der Waals surface area contributed by atoms with Gasteiger partial charge in [0.2, 0.25) is 5.91 Å². The van der Waals surface area contributed by atoms with Crippen LogP contribution in [0.1, 0.15) is 23.4 Å². The Kier molecular flexibility index (Phi) is 4.52. The molecule has 1 amide bonds. The normalized spacial score (nSPS) is 11.3. The molecule has 120 valence electrons. The molecule has 0 unspecified atom stereocenters. The molecule has 0 aliphatic rings. The maximum Gasteiger partial charge on any atom is 0.220 e. The lowest BCUT2D eigenvalue weighted by Crippen LogP contribution is -2.25. The van der Waals surface area contributed by atoms with Gasteiger partial charge in [-0.25, -0.2) is 9.50 Å². The summed E-state index contributed by atoms with van der Waals surface area (Å²) >= 11 is 4.09. The predicted molar refractivity (Wildman–Crippen MR) is 95.2 cm³/mol. The van der Waals surface area contributed by atoms with Crippen LogP contribution in [0.15, 0.2) is 24.3 Å². The summed E-state index contributed by atoms with van der Waals surface area (Å²) in [7, 11) is 0. The number of nitrogens with zero attached hydrogens (tertiary/aromatic N) is 3. The van der Waals surface area contributed by atoms with Crippen molar-refractivity contribution in [2.45, 2.75) is 26.7 Å². The Bertz CT molecular complexity index is 872. The minimum absolute atomic E-state index is 0.0450. The van der Waals surface area contributed by atoms with Crippen molar-refractivity contribution in [3.63, 3.8) is 0 Å². The van der Waals surface area contributed by atoms with Crippen LogP contribution >= 0.6 is 12.6 Å². The number of carbonyl (C=O) groups is 1. The number of fused-ring (bicyclic) bond motifs is 3. The van der Waals surface area contributed by atoms with E-state index in [1.54, 1.807) is 0 Å². The molecule has 1 N–H and O–H groups in total. The topological polar surface area (TPSA) is 59.3 Å². The van der Waals surface area contributed by atoms with Crippen molar-refractivity contribution in [2.24, 2.45) is 0 Å². The Morgan fingerprint density at radius 3 is 2.87 bits per heavy atom. The van der Waals surface area contributed by atoms with Crippen LogP contribution in [0.4, 0.5) is 0 Å². The predicted octanol–water partition coefficient (Wildman–Crippen LogP) is 2.48. The summed E-state index contributed by atoms with van der Waals surface area (Å²) in [6.07, 6.45) is 1.11. The van der Waals surface area contributed by atoms with Crippen molar-refractivity contribution >= 4 is 35.1 Å². The van der Waals surface area contributed by atoms with Crippen molar-refractivity contribution in [3.05, 3.63) is 41.2 Å². The second kappa shape index (κ2) is 6.58. The lowest BCUT2D eigenvalue weighted by Gasteiger charge is -2.11. The molecule has 3 rings (SSSR count).